The monoisotopic (exact) mass is 295 g/mol. The molecule has 1 fully saturated rings. The Balaban J connectivity index is 0. The van der Waals surface area contributed by atoms with Crippen LogP contribution in [0.4, 0.5) is 0 Å². The minimum absolute atomic E-state index is 0. The van der Waals surface area contributed by atoms with Crippen LogP contribution < -0.4 is 29.6 Å². The predicted octanol–water partition coefficient (Wildman–Crippen LogP) is -1.01. The molecule has 20 heavy (non-hydrogen) atoms. The Morgan fingerprint density at radius 1 is 1.30 bits per heavy atom. The molecular weight excluding hydrogens is 273 g/mol. The normalized spacial score (nSPS) is 17.4. The Morgan fingerprint density at radius 3 is 2.30 bits per heavy atom. The van der Waals surface area contributed by atoms with E-state index < -0.39 is 17.7 Å². The van der Waals surface area contributed by atoms with Gasteiger partial charge in [-0.3, -0.25) is 4.79 Å². The number of oxime groups is 1. The van der Waals surface area contributed by atoms with Crippen LogP contribution >= 0.6 is 0 Å². The van der Waals surface area contributed by atoms with Gasteiger partial charge in [0.05, 0.1) is 18.2 Å². The zero-order chi connectivity index (χ0) is 13.5. The van der Waals surface area contributed by atoms with Crippen LogP contribution in [-0.2, 0) is 14.3 Å². The molecule has 0 aromatic heterocycles. The SMILES string of the molecule is CCOC(=O)C(=O)C(C)C(=NO)C1CCCCC1.[Na+].[OH-]. The molecule has 2 N–H and O–H groups in total. The van der Waals surface area contributed by atoms with Crippen LogP contribution in [0.15, 0.2) is 5.16 Å². The number of carbonyl (C=O) groups excluding carboxylic acids is 2. The Morgan fingerprint density at radius 2 is 1.85 bits per heavy atom. The van der Waals surface area contributed by atoms with E-state index in [4.69, 9.17) is 5.21 Å². The number of ether oxygens (including phenoxy) is 1. The molecule has 7 heteroatoms. The van der Waals surface area contributed by atoms with Gasteiger partial charge in [0.25, 0.3) is 0 Å². The maximum absolute atomic E-state index is 11.8. The van der Waals surface area contributed by atoms with Crippen LogP contribution in [0, 0.1) is 11.8 Å². The van der Waals surface area contributed by atoms with Crippen molar-refractivity contribution in [2.45, 2.75) is 46.0 Å². The molecule has 0 spiro atoms. The number of ketones is 1. The van der Waals surface area contributed by atoms with Crippen LogP contribution in [0.5, 0.6) is 0 Å². The summed E-state index contributed by atoms with van der Waals surface area (Å²) in [5.41, 5.74) is 0.424. The van der Waals surface area contributed by atoms with Gasteiger partial charge in [0.1, 0.15) is 0 Å². The van der Waals surface area contributed by atoms with Gasteiger partial charge in [-0.05, 0) is 26.7 Å². The summed E-state index contributed by atoms with van der Waals surface area (Å²) in [5, 5.41) is 12.4. The van der Waals surface area contributed by atoms with E-state index in [2.05, 4.69) is 9.89 Å². The molecule has 0 amide bonds. The summed E-state index contributed by atoms with van der Waals surface area (Å²) >= 11 is 0. The standard InChI is InChI=1S/C13H21NO4.Na.H2O/c1-3-18-13(16)12(15)9(2)11(14-17)10-7-5-4-6-8-10;;/h9-10,17H,3-8H2,1-2H3;;1H2/q;+1;/p-1. The number of carbonyl (C=O) groups is 2. The van der Waals surface area contributed by atoms with Crippen LogP contribution in [0.25, 0.3) is 0 Å². The zero-order valence-corrected chi connectivity index (χ0v) is 14.5. The number of esters is 1. The van der Waals surface area contributed by atoms with Gasteiger partial charge >= 0.3 is 35.5 Å². The van der Waals surface area contributed by atoms with Crippen LogP contribution in [0.1, 0.15) is 46.0 Å². The largest absolute Gasteiger partial charge is 1.00 e. The molecule has 0 heterocycles. The van der Waals surface area contributed by atoms with Gasteiger partial charge in [-0.1, -0.05) is 24.4 Å². The average molecular weight is 295 g/mol. The second-order valence-electron chi connectivity index (χ2n) is 4.67. The molecule has 0 aromatic carbocycles. The molecule has 1 aliphatic carbocycles. The molecule has 1 atom stereocenters. The van der Waals surface area contributed by atoms with E-state index in [9.17, 15) is 9.59 Å². The van der Waals surface area contributed by atoms with E-state index in [1.54, 1.807) is 13.8 Å². The fraction of sp³-hybridized carbons (Fsp3) is 0.769. The average Bonchev–Trinajstić information content (AvgIpc) is 2.40. The number of hydrogen-bond donors (Lipinski definition) is 1. The Hall–Kier alpha value is -0.430. The number of hydrogen-bond acceptors (Lipinski definition) is 6. The van der Waals surface area contributed by atoms with Gasteiger partial charge in [-0.15, -0.1) is 0 Å². The van der Waals surface area contributed by atoms with Crippen LogP contribution in [-0.4, -0.2) is 34.8 Å². The summed E-state index contributed by atoms with van der Waals surface area (Å²) in [5.74, 6) is -2.06. The van der Waals surface area contributed by atoms with Gasteiger partial charge in [0.15, 0.2) is 0 Å². The summed E-state index contributed by atoms with van der Waals surface area (Å²) in [7, 11) is 0. The zero-order valence-electron chi connectivity index (χ0n) is 12.5. The summed E-state index contributed by atoms with van der Waals surface area (Å²) in [4.78, 5) is 23.2. The molecule has 0 aliphatic heterocycles. The third-order valence-corrected chi connectivity index (χ3v) is 3.45. The topological polar surface area (TPSA) is 106 Å². The molecule has 1 aliphatic rings. The molecule has 6 nitrogen and oxygen atoms in total. The quantitative estimate of drug-likeness (QED) is 0.175. The smallest absolute Gasteiger partial charge is 0.870 e. The molecule has 0 radical (unpaired) electrons. The van der Waals surface area contributed by atoms with E-state index in [0.717, 1.165) is 25.7 Å². The van der Waals surface area contributed by atoms with Crippen molar-refractivity contribution in [3.05, 3.63) is 0 Å². The van der Waals surface area contributed by atoms with Crippen molar-refractivity contribution in [1.82, 2.24) is 0 Å². The number of rotatable bonds is 5. The van der Waals surface area contributed by atoms with E-state index >= 15 is 0 Å². The van der Waals surface area contributed by atoms with E-state index in [1.807, 2.05) is 0 Å². The predicted molar refractivity (Wildman–Crippen MR) is 68.5 cm³/mol. The van der Waals surface area contributed by atoms with Crippen LogP contribution in [0.2, 0.25) is 0 Å². The van der Waals surface area contributed by atoms with Crippen molar-refractivity contribution in [1.29, 1.82) is 0 Å². The third-order valence-electron chi connectivity index (χ3n) is 3.45. The minimum atomic E-state index is -0.845. The van der Waals surface area contributed by atoms with Crippen molar-refractivity contribution in [2.75, 3.05) is 6.61 Å². The molecule has 0 bridgehead atoms. The summed E-state index contributed by atoms with van der Waals surface area (Å²) in [6.07, 6.45) is 5.16. The van der Waals surface area contributed by atoms with Crippen molar-refractivity contribution in [3.63, 3.8) is 0 Å². The summed E-state index contributed by atoms with van der Waals surface area (Å²) in [6.45, 7) is 3.42. The molecule has 1 rings (SSSR count). The molecule has 0 aromatic rings. The van der Waals surface area contributed by atoms with Crippen molar-refractivity contribution in [2.24, 2.45) is 17.0 Å². The first-order valence-electron chi connectivity index (χ1n) is 6.54. The van der Waals surface area contributed by atoms with Crippen molar-refractivity contribution < 1.29 is 54.6 Å². The fourth-order valence-electron chi connectivity index (χ4n) is 2.43. The van der Waals surface area contributed by atoms with E-state index in [-0.39, 0.29) is 47.6 Å². The van der Waals surface area contributed by atoms with Gasteiger partial charge < -0.3 is 15.4 Å². The maximum Gasteiger partial charge on any atom is 1.00 e. The molecule has 0 saturated heterocycles. The second kappa shape index (κ2) is 11.3. The molecular formula is C13H22NNaO5. The first-order chi connectivity index (χ1) is 8.61. The number of nitrogens with zero attached hydrogens (tertiary/aromatic N) is 1. The van der Waals surface area contributed by atoms with Gasteiger partial charge in [-0.2, -0.15) is 0 Å². The molecule has 1 unspecified atom stereocenters. The molecule has 110 valence electrons. The van der Waals surface area contributed by atoms with Gasteiger partial charge in [-0.25, -0.2) is 4.79 Å². The van der Waals surface area contributed by atoms with Crippen LogP contribution in [0.3, 0.4) is 0 Å². The summed E-state index contributed by atoms with van der Waals surface area (Å²) in [6, 6.07) is 0. The Labute approximate surface area is 141 Å². The first kappa shape index (κ1) is 21.9. The minimum Gasteiger partial charge on any atom is -0.870 e. The van der Waals surface area contributed by atoms with Gasteiger partial charge in [0.2, 0.25) is 5.78 Å². The Bertz CT molecular complexity index is 340. The maximum atomic E-state index is 11.8. The molecule has 1 saturated carbocycles. The fourth-order valence-corrected chi connectivity index (χ4v) is 2.43. The van der Waals surface area contributed by atoms with Crippen molar-refractivity contribution in [3.8, 4) is 0 Å². The van der Waals surface area contributed by atoms with Gasteiger partial charge in [0, 0.05) is 5.92 Å². The first-order valence-corrected chi connectivity index (χ1v) is 6.54. The summed E-state index contributed by atoms with van der Waals surface area (Å²) < 4.78 is 4.68. The van der Waals surface area contributed by atoms with E-state index in [1.165, 1.54) is 6.42 Å². The second-order valence-corrected chi connectivity index (χ2v) is 4.67. The Kier molecular flexibility index (Phi) is 12.3. The number of Topliss-reactive ketones (excluding diaryl/α,β-unsaturated/α-hetero) is 1. The van der Waals surface area contributed by atoms with E-state index in [0.29, 0.717) is 5.71 Å². The van der Waals surface area contributed by atoms with Crippen molar-refractivity contribution >= 4 is 17.5 Å². The third kappa shape index (κ3) is 5.91.